The predicted molar refractivity (Wildman–Crippen MR) is 107 cm³/mol. The van der Waals surface area contributed by atoms with Gasteiger partial charge in [-0.25, -0.2) is 4.99 Å². The van der Waals surface area contributed by atoms with Gasteiger partial charge in [-0.1, -0.05) is 24.3 Å². The van der Waals surface area contributed by atoms with Crippen LogP contribution in [0, 0.1) is 0 Å². The maximum atomic E-state index is 12.3. The monoisotopic (exact) mass is 434 g/mol. The van der Waals surface area contributed by atoms with Crippen molar-refractivity contribution in [2.45, 2.75) is 18.8 Å². The number of nitrogens with two attached hydrogens (primary N) is 1. The Hall–Kier alpha value is -4.09. The fourth-order valence-electron chi connectivity index (χ4n) is 2.60. The maximum Gasteiger partial charge on any atom is 0.573 e. The second kappa shape index (κ2) is 9.15. The van der Waals surface area contributed by atoms with Crippen LogP contribution >= 0.6 is 0 Å². The normalized spacial score (nSPS) is 16.4. The molecule has 31 heavy (non-hydrogen) atoms. The van der Waals surface area contributed by atoms with E-state index >= 15 is 0 Å². The Morgan fingerprint density at radius 3 is 2.55 bits per heavy atom. The van der Waals surface area contributed by atoms with E-state index in [2.05, 4.69) is 30.7 Å². The summed E-state index contributed by atoms with van der Waals surface area (Å²) in [5.74, 6) is -1.76. The molecular formula is C19H17F3N6O3. The molecule has 0 aromatic heterocycles. The highest BCUT2D eigenvalue weighted by atomic mass is 19.4. The molecule has 0 fully saturated rings. The Kier molecular flexibility index (Phi) is 6.38. The maximum absolute atomic E-state index is 12.3. The number of hydrogen-bond donors (Lipinski definition) is 4. The number of hydrogen-bond acceptors (Lipinski definition) is 5. The van der Waals surface area contributed by atoms with Gasteiger partial charge in [0, 0.05) is 17.4 Å². The van der Waals surface area contributed by atoms with E-state index in [0.717, 1.165) is 12.1 Å². The fourth-order valence-corrected chi connectivity index (χ4v) is 2.60. The molecule has 0 unspecified atom stereocenters. The molecule has 1 heterocycles. The van der Waals surface area contributed by atoms with Gasteiger partial charge in [-0.2, -0.15) is 4.99 Å². The summed E-state index contributed by atoms with van der Waals surface area (Å²) in [6, 6.07) is 12.7. The molecule has 2 aromatic rings. The molecule has 2 amide bonds. The lowest BCUT2D eigenvalue weighted by Crippen LogP contribution is -2.32. The number of anilines is 2. The number of nitrogens with one attached hydrogen (secondary N) is 3. The van der Waals surface area contributed by atoms with Crippen molar-refractivity contribution < 1.29 is 27.5 Å². The van der Waals surface area contributed by atoms with Crippen molar-refractivity contribution in [2.75, 3.05) is 10.6 Å². The topological polar surface area (TPSA) is 130 Å². The van der Waals surface area contributed by atoms with Crippen molar-refractivity contribution in [3.05, 3.63) is 54.6 Å². The van der Waals surface area contributed by atoms with Crippen LogP contribution in [0.4, 0.5) is 24.5 Å². The molecule has 1 atom stereocenters. The van der Waals surface area contributed by atoms with Gasteiger partial charge >= 0.3 is 6.36 Å². The first-order valence-corrected chi connectivity index (χ1v) is 8.88. The Balaban J connectivity index is 1.59. The summed E-state index contributed by atoms with van der Waals surface area (Å²) in [5, 5.41) is 7.62. The highest BCUT2D eigenvalue weighted by molar-refractivity contribution is 6.11. The van der Waals surface area contributed by atoms with Crippen LogP contribution in [0.5, 0.6) is 5.75 Å². The van der Waals surface area contributed by atoms with E-state index in [4.69, 9.17) is 5.73 Å². The second-order valence-corrected chi connectivity index (χ2v) is 6.27. The van der Waals surface area contributed by atoms with E-state index in [-0.39, 0.29) is 24.0 Å². The Morgan fingerprint density at radius 1 is 1.13 bits per heavy atom. The van der Waals surface area contributed by atoms with Gasteiger partial charge in [-0.3, -0.25) is 14.9 Å². The number of benzene rings is 2. The minimum absolute atomic E-state index is 0.0168. The number of guanidine groups is 2. The van der Waals surface area contributed by atoms with Gasteiger partial charge in [-0.05, 0) is 24.3 Å². The number of halogens is 3. The Labute approximate surface area is 174 Å². The zero-order valence-electron chi connectivity index (χ0n) is 15.8. The van der Waals surface area contributed by atoms with Crippen molar-refractivity contribution >= 4 is 35.1 Å². The van der Waals surface area contributed by atoms with Gasteiger partial charge in [0.2, 0.25) is 17.8 Å². The third-order valence-electron chi connectivity index (χ3n) is 3.82. The van der Waals surface area contributed by atoms with Gasteiger partial charge < -0.3 is 21.1 Å². The van der Waals surface area contributed by atoms with Gasteiger partial charge in [0.15, 0.2) is 0 Å². The van der Waals surface area contributed by atoms with Crippen molar-refractivity contribution in [1.29, 1.82) is 0 Å². The first-order chi connectivity index (χ1) is 14.7. The van der Waals surface area contributed by atoms with Crippen LogP contribution in [-0.2, 0) is 9.59 Å². The number of para-hydroxylation sites is 1. The summed E-state index contributed by atoms with van der Waals surface area (Å²) in [4.78, 5) is 32.2. The quantitative estimate of drug-likeness (QED) is 0.423. The summed E-state index contributed by atoms with van der Waals surface area (Å²) in [6.45, 7) is 0. The molecule has 1 aliphatic heterocycles. The van der Waals surface area contributed by atoms with Crippen LogP contribution in [0.25, 0.3) is 0 Å². The Morgan fingerprint density at radius 2 is 1.84 bits per heavy atom. The van der Waals surface area contributed by atoms with Crippen molar-refractivity contribution in [3.63, 3.8) is 0 Å². The zero-order valence-corrected chi connectivity index (χ0v) is 15.8. The van der Waals surface area contributed by atoms with Crippen molar-refractivity contribution in [2.24, 2.45) is 15.7 Å². The predicted octanol–water partition coefficient (Wildman–Crippen LogP) is 2.19. The lowest BCUT2D eigenvalue weighted by molar-refractivity contribution is -0.274. The van der Waals surface area contributed by atoms with E-state index in [1.807, 2.05) is 6.07 Å². The number of aliphatic imine (C=N–C) groups is 2. The largest absolute Gasteiger partial charge is 0.573 e. The van der Waals surface area contributed by atoms with Crippen LogP contribution in [0.2, 0.25) is 0 Å². The van der Waals surface area contributed by atoms with Crippen molar-refractivity contribution in [3.8, 4) is 5.75 Å². The number of rotatable bonds is 5. The number of ether oxygens (including phenoxy) is 1. The molecule has 1 aliphatic rings. The molecule has 0 bridgehead atoms. The van der Waals surface area contributed by atoms with Crippen LogP contribution in [-0.4, -0.2) is 36.1 Å². The van der Waals surface area contributed by atoms with Crippen LogP contribution in [0.1, 0.15) is 6.42 Å². The van der Waals surface area contributed by atoms with Gasteiger partial charge in [0.25, 0.3) is 5.91 Å². The van der Waals surface area contributed by atoms with Crippen molar-refractivity contribution in [1.82, 2.24) is 5.32 Å². The lowest BCUT2D eigenvalue weighted by atomic mass is 10.2. The number of amides is 2. The molecule has 3 rings (SSSR count). The average molecular weight is 434 g/mol. The third-order valence-corrected chi connectivity index (χ3v) is 3.82. The second-order valence-electron chi connectivity index (χ2n) is 6.27. The minimum Gasteiger partial charge on any atom is -0.406 e. The summed E-state index contributed by atoms with van der Waals surface area (Å²) in [6.07, 6.45) is -5.20. The molecule has 9 nitrogen and oxygen atoms in total. The zero-order chi connectivity index (χ0) is 22.4. The van der Waals surface area contributed by atoms with E-state index in [1.165, 1.54) is 12.1 Å². The summed E-state index contributed by atoms with van der Waals surface area (Å²) in [7, 11) is 0. The number of nitrogens with zero attached hydrogens (tertiary/aromatic N) is 2. The molecule has 2 aromatic carbocycles. The molecule has 0 radical (unpaired) electrons. The molecule has 0 saturated heterocycles. The highest BCUT2D eigenvalue weighted by Crippen LogP contribution is 2.25. The van der Waals surface area contributed by atoms with E-state index in [9.17, 15) is 22.8 Å². The van der Waals surface area contributed by atoms with Gasteiger partial charge in [-0.15, -0.1) is 13.2 Å². The molecule has 0 spiro atoms. The first kappa shape index (κ1) is 21.6. The molecule has 0 aliphatic carbocycles. The SMILES string of the molecule is NC(=NC1=N[C@@H](CC(=O)Nc2cccc(OC(F)(F)F)c2)C(=O)N1)Nc1ccccc1. The van der Waals surface area contributed by atoms with E-state index in [0.29, 0.717) is 5.69 Å². The number of carbonyl (C=O) groups excluding carboxylic acids is 2. The smallest absolute Gasteiger partial charge is 0.406 e. The lowest BCUT2D eigenvalue weighted by Gasteiger charge is -2.11. The third kappa shape index (κ3) is 6.73. The van der Waals surface area contributed by atoms with Crippen LogP contribution < -0.4 is 26.4 Å². The highest BCUT2D eigenvalue weighted by Gasteiger charge is 2.31. The van der Waals surface area contributed by atoms with Gasteiger partial charge in [0.1, 0.15) is 11.8 Å². The molecule has 5 N–H and O–H groups in total. The minimum atomic E-state index is -4.85. The van der Waals surface area contributed by atoms with Gasteiger partial charge in [0.05, 0.1) is 6.42 Å². The molecular weight excluding hydrogens is 417 g/mol. The Bertz CT molecular complexity index is 1020. The molecule has 0 saturated carbocycles. The van der Waals surface area contributed by atoms with Crippen LogP contribution in [0.3, 0.4) is 0 Å². The first-order valence-electron chi connectivity index (χ1n) is 8.88. The van der Waals surface area contributed by atoms with Crippen LogP contribution in [0.15, 0.2) is 64.6 Å². The summed E-state index contributed by atoms with van der Waals surface area (Å²) < 4.78 is 40.7. The summed E-state index contributed by atoms with van der Waals surface area (Å²) >= 11 is 0. The standard InChI is InChI=1S/C19H17F3N6O3/c20-19(21,22)31-13-8-4-7-12(9-13)24-15(29)10-14-16(30)27-18(26-14)28-17(23)25-11-5-2-1-3-6-11/h1-9,14H,10H2,(H,24,29)(H4,23,25,26,27,28,30)/t14-/m0/s1. The fraction of sp³-hybridized carbons (Fsp3) is 0.158. The van der Waals surface area contributed by atoms with E-state index in [1.54, 1.807) is 24.3 Å². The molecule has 12 heteroatoms. The van der Waals surface area contributed by atoms with E-state index < -0.39 is 30.0 Å². The average Bonchev–Trinajstić information content (AvgIpc) is 2.99. The molecule has 162 valence electrons. The number of alkyl halides is 3. The summed E-state index contributed by atoms with van der Waals surface area (Å²) in [5.41, 5.74) is 6.53. The number of carbonyl (C=O) groups is 2.